The molecule has 0 amide bonds. The molecule has 2 nitrogen and oxygen atoms in total. The SMILES string of the molecule is CCOC(=O)Cc1c(C)cc(Cl)cc1C. The summed E-state index contributed by atoms with van der Waals surface area (Å²) in [5.74, 6) is -0.189. The molecule has 0 spiro atoms. The molecular formula is C12H15ClO2. The third-order valence-electron chi connectivity index (χ3n) is 2.29. The summed E-state index contributed by atoms with van der Waals surface area (Å²) in [6.07, 6.45) is 0.322. The summed E-state index contributed by atoms with van der Waals surface area (Å²) in [5.41, 5.74) is 3.08. The van der Waals surface area contributed by atoms with Crippen LogP contribution >= 0.6 is 11.6 Å². The lowest BCUT2D eigenvalue weighted by Gasteiger charge is -2.09. The topological polar surface area (TPSA) is 26.3 Å². The average Bonchev–Trinajstić information content (AvgIpc) is 2.11. The van der Waals surface area contributed by atoms with Crippen LogP contribution in [0.25, 0.3) is 0 Å². The van der Waals surface area contributed by atoms with Gasteiger partial charge in [-0.1, -0.05) is 11.6 Å². The van der Waals surface area contributed by atoms with Crippen molar-refractivity contribution in [1.29, 1.82) is 0 Å². The Balaban J connectivity index is 2.90. The molecule has 15 heavy (non-hydrogen) atoms. The van der Waals surface area contributed by atoms with Gasteiger partial charge in [-0.3, -0.25) is 4.79 Å². The third-order valence-corrected chi connectivity index (χ3v) is 2.51. The fraction of sp³-hybridized carbons (Fsp3) is 0.417. The van der Waals surface area contributed by atoms with Gasteiger partial charge in [0.15, 0.2) is 0 Å². The third kappa shape index (κ3) is 3.24. The number of ether oxygens (including phenoxy) is 1. The highest BCUT2D eigenvalue weighted by Crippen LogP contribution is 2.20. The van der Waals surface area contributed by atoms with Crippen LogP contribution in [-0.4, -0.2) is 12.6 Å². The van der Waals surface area contributed by atoms with Crippen LogP contribution in [0.15, 0.2) is 12.1 Å². The van der Waals surface area contributed by atoms with E-state index in [9.17, 15) is 4.79 Å². The van der Waals surface area contributed by atoms with E-state index in [1.165, 1.54) is 0 Å². The number of benzene rings is 1. The maximum absolute atomic E-state index is 11.3. The molecule has 0 heterocycles. The number of halogens is 1. The van der Waals surface area contributed by atoms with E-state index in [-0.39, 0.29) is 5.97 Å². The summed E-state index contributed by atoms with van der Waals surface area (Å²) < 4.78 is 4.91. The number of aryl methyl sites for hydroxylation is 2. The van der Waals surface area contributed by atoms with Gasteiger partial charge in [0.2, 0.25) is 0 Å². The van der Waals surface area contributed by atoms with Gasteiger partial charge >= 0.3 is 5.97 Å². The zero-order valence-corrected chi connectivity index (χ0v) is 10.0. The number of carbonyl (C=O) groups excluding carboxylic acids is 1. The van der Waals surface area contributed by atoms with E-state index >= 15 is 0 Å². The van der Waals surface area contributed by atoms with Crippen LogP contribution in [0.4, 0.5) is 0 Å². The van der Waals surface area contributed by atoms with Crippen molar-refractivity contribution in [3.63, 3.8) is 0 Å². The molecule has 0 saturated heterocycles. The summed E-state index contributed by atoms with van der Waals surface area (Å²) in [6, 6.07) is 3.73. The molecule has 0 aliphatic rings. The first-order valence-corrected chi connectivity index (χ1v) is 5.33. The number of hydrogen-bond donors (Lipinski definition) is 0. The number of hydrogen-bond acceptors (Lipinski definition) is 2. The molecule has 3 heteroatoms. The first-order valence-electron chi connectivity index (χ1n) is 4.95. The monoisotopic (exact) mass is 226 g/mol. The van der Waals surface area contributed by atoms with Gasteiger partial charge in [-0.25, -0.2) is 0 Å². The van der Waals surface area contributed by atoms with Crippen LogP contribution < -0.4 is 0 Å². The molecule has 0 radical (unpaired) electrons. The Bertz CT molecular complexity index is 349. The van der Waals surface area contributed by atoms with Crippen molar-refractivity contribution in [3.8, 4) is 0 Å². The Kier molecular flexibility index (Phi) is 4.15. The molecule has 82 valence electrons. The van der Waals surface area contributed by atoms with Gasteiger partial charge in [-0.2, -0.15) is 0 Å². The van der Waals surface area contributed by atoms with Gasteiger partial charge < -0.3 is 4.74 Å². The lowest BCUT2D eigenvalue weighted by atomic mass is 10.0. The van der Waals surface area contributed by atoms with Gasteiger partial charge in [-0.05, 0) is 49.6 Å². The molecule has 1 aromatic rings. The van der Waals surface area contributed by atoms with Crippen molar-refractivity contribution >= 4 is 17.6 Å². The number of carbonyl (C=O) groups is 1. The molecule has 0 aromatic heterocycles. The second-order valence-corrected chi connectivity index (χ2v) is 3.94. The maximum Gasteiger partial charge on any atom is 0.310 e. The van der Waals surface area contributed by atoms with Crippen LogP contribution in [0.3, 0.4) is 0 Å². The number of rotatable bonds is 3. The maximum atomic E-state index is 11.3. The first kappa shape index (κ1) is 12.1. The van der Waals surface area contributed by atoms with Gasteiger partial charge in [0.1, 0.15) is 0 Å². The Hall–Kier alpha value is -1.02. The lowest BCUT2D eigenvalue weighted by Crippen LogP contribution is -2.09. The zero-order chi connectivity index (χ0) is 11.4. The summed E-state index contributed by atoms with van der Waals surface area (Å²) >= 11 is 5.90. The highest BCUT2D eigenvalue weighted by atomic mass is 35.5. The molecular weight excluding hydrogens is 212 g/mol. The second kappa shape index (κ2) is 5.17. The Labute approximate surface area is 95.2 Å². The predicted molar refractivity (Wildman–Crippen MR) is 61.3 cm³/mol. The van der Waals surface area contributed by atoms with E-state index in [1.807, 2.05) is 26.0 Å². The van der Waals surface area contributed by atoms with E-state index in [0.29, 0.717) is 18.1 Å². The Morgan fingerprint density at radius 3 is 2.33 bits per heavy atom. The Morgan fingerprint density at radius 2 is 1.87 bits per heavy atom. The van der Waals surface area contributed by atoms with Crippen LogP contribution in [-0.2, 0) is 16.0 Å². The van der Waals surface area contributed by atoms with Gasteiger partial charge in [0.05, 0.1) is 13.0 Å². The second-order valence-electron chi connectivity index (χ2n) is 3.50. The minimum atomic E-state index is -0.189. The van der Waals surface area contributed by atoms with E-state index in [4.69, 9.17) is 16.3 Å². The van der Waals surface area contributed by atoms with Gasteiger partial charge in [0.25, 0.3) is 0 Å². The molecule has 0 atom stereocenters. The Morgan fingerprint density at radius 1 is 1.33 bits per heavy atom. The highest BCUT2D eigenvalue weighted by Gasteiger charge is 2.10. The van der Waals surface area contributed by atoms with E-state index in [2.05, 4.69) is 0 Å². The van der Waals surface area contributed by atoms with E-state index in [0.717, 1.165) is 16.7 Å². The van der Waals surface area contributed by atoms with Crippen molar-refractivity contribution < 1.29 is 9.53 Å². The highest BCUT2D eigenvalue weighted by molar-refractivity contribution is 6.30. The molecule has 1 aromatic carbocycles. The quantitative estimate of drug-likeness (QED) is 0.741. The molecule has 1 rings (SSSR count). The molecule has 0 bridgehead atoms. The first-order chi connectivity index (χ1) is 7.04. The van der Waals surface area contributed by atoms with Gasteiger partial charge in [-0.15, -0.1) is 0 Å². The molecule has 0 aliphatic carbocycles. The largest absolute Gasteiger partial charge is 0.466 e. The van der Waals surface area contributed by atoms with Crippen molar-refractivity contribution in [1.82, 2.24) is 0 Å². The standard InChI is InChI=1S/C12H15ClO2/c1-4-15-12(14)7-11-8(2)5-10(13)6-9(11)3/h5-6H,4,7H2,1-3H3. The van der Waals surface area contributed by atoms with Crippen LogP contribution in [0, 0.1) is 13.8 Å². The van der Waals surface area contributed by atoms with E-state index in [1.54, 1.807) is 6.92 Å². The smallest absolute Gasteiger partial charge is 0.310 e. The van der Waals surface area contributed by atoms with E-state index < -0.39 is 0 Å². The van der Waals surface area contributed by atoms with Crippen LogP contribution in [0.5, 0.6) is 0 Å². The summed E-state index contributed by atoms with van der Waals surface area (Å²) in [7, 11) is 0. The molecule has 0 saturated carbocycles. The minimum Gasteiger partial charge on any atom is -0.466 e. The van der Waals surface area contributed by atoms with Crippen molar-refractivity contribution in [2.75, 3.05) is 6.61 Å². The predicted octanol–water partition coefficient (Wildman–Crippen LogP) is 3.06. The van der Waals surface area contributed by atoms with Crippen LogP contribution in [0.2, 0.25) is 5.02 Å². The summed E-state index contributed by atoms with van der Waals surface area (Å²) in [4.78, 5) is 11.3. The van der Waals surface area contributed by atoms with Gasteiger partial charge in [0, 0.05) is 5.02 Å². The molecule has 0 aliphatic heterocycles. The zero-order valence-electron chi connectivity index (χ0n) is 9.26. The van der Waals surface area contributed by atoms with Crippen molar-refractivity contribution in [2.45, 2.75) is 27.2 Å². The van der Waals surface area contributed by atoms with Crippen molar-refractivity contribution in [2.24, 2.45) is 0 Å². The summed E-state index contributed by atoms with van der Waals surface area (Å²) in [5, 5.41) is 0.706. The van der Waals surface area contributed by atoms with Crippen molar-refractivity contribution in [3.05, 3.63) is 33.8 Å². The fourth-order valence-electron chi connectivity index (χ4n) is 1.58. The molecule has 0 unspecified atom stereocenters. The fourth-order valence-corrected chi connectivity index (χ4v) is 1.90. The van der Waals surface area contributed by atoms with Crippen LogP contribution in [0.1, 0.15) is 23.6 Å². The lowest BCUT2D eigenvalue weighted by molar-refractivity contribution is -0.142. The normalized spacial score (nSPS) is 10.1. The number of esters is 1. The molecule has 0 N–H and O–H groups in total. The average molecular weight is 227 g/mol. The molecule has 0 fully saturated rings. The minimum absolute atomic E-state index is 0.189. The summed E-state index contributed by atoms with van der Waals surface area (Å²) in [6.45, 7) is 6.13.